The third-order valence-corrected chi connectivity index (χ3v) is 4.83. The van der Waals surface area contributed by atoms with Crippen LogP contribution in [-0.4, -0.2) is 29.3 Å². The van der Waals surface area contributed by atoms with Gasteiger partial charge >= 0.3 is 0 Å². The fraction of sp³-hybridized carbons (Fsp3) is 0.500. The van der Waals surface area contributed by atoms with Gasteiger partial charge in [-0.15, -0.1) is 0 Å². The number of hydrogen-bond acceptors (Lipinski definition) is 4. The largest absolute Gasteiger partial charge is 0.388 e. The van der Waals surface area contributed by atoms with Crippen LogP contribution in [0.2, 0.25) is 0 Å². The SMILES string of the molecule is CN(CC1(O)CCCC1)c1nc2ccccc2s1. The van der Waals surface area contributed by atoms with Crippen molar-refractivity contribution in [1.29, 1.82) is 0 Å². The summed E-state index contributed by atoms with van der Waals surface area (Å²) in [5.74, 6) is 0. The second-order valence-electron chi connectivity index (χ2n) is 5.25. The van der Waals surface area contributed by atoms with Gasteiger partial charge in [0.1, 0.15) is 0 Å². The van der Waals surface area contributed by atoms with Crippen molar-refractivity contribution in [1.82, 2.24) is 4.98 Å². The minimum Gasteiger partial charge on any atom is -0.388 e. The van der Waals surface area contributed by atoms with Gasteiger partial charge in [-0.05, 0) is 25.0 Å². The van der Waals surface area contributed by atoms with E-state index in [2.05, 4.69) is 16.0 Å². The fourth-order valence-electron chi connectivity index (χ4n) is 2.72. The van der Waals surface area contributed by atoms with Crippen molar-refractivity contribution in [2.75, 3.05) is 18.5 Å². The van der Waals surface area contributed by atoms with E-state index >= 15 is 0 Å². The summed E-state index contributed by atoms with van der Waals surface area (Å²) in [6.07, 6.45) is 4.12. The number of thiazole rings is 1. The molecule has 96 valence electrons. The van der Waals surface area contributed by atoms with E-state index in [0.717, 1.165) is 36.3 Å². The minimum atomic E-state index is -0.507. The molecule has 1 saturated carbocycles. The topological polar surface area (TPSA) is 36.4 Å². The maximum atomic E-state index is 10.4. The van der Waals surface area contributed by atoms with E-state index in [1.807, 2.05) is 25.2 Å². The van der Waals surface area contributed by atoms with Crippen LogP contribution in [0.4, 0.5) is 5.13 Å². The first-order valence-electron chi connectivity index (χ1n) is 6.45. The summed E-state index contributed by atoms with van der Waals surface area (Å²) in [6, 6.07) is 8.17. The number of para-hydroxylation sites is 1. The Labute approximate surface area is 111 Å². The lowest BCUT2D eigenvalue weighted by Crippen LogP contribution is -2.39. The summed E-state index contributed by atoms with van der Waals surface area (Å²) in [5.41, 5.74) is 0.537. The molecule has 1 fully saturated rings. The summed E-state index contributed by atoms with van der Waals surface area (Å²) >= 11 is 1.69. The van der Waals surface area contributed by atoms with Gasteiger partial charge in [0.2, 0.25) is 0 Å². The van der Waals surface area contributed by atoms with Crippen LogP contribution >= 0.6 is 11.3 Å². The number of aromatic nitrogens is 1. The highest BCUT2D eigenvalue weighted by Gasteiger charge is 2.32. The highest BCUT2D eigenvalue weighted by Crippen LogP contribution is 2.33. The van der Waals surface area contributed by atoms with Crippen molar-refractivity contribution in [3.05, 3.63) is 24.3 Å². The van der Waals surface area contributed by atoms with Crippen molar-refractivity contribution in [2.24, 2.45) is 0 Å². The molecule has 1 aromatic carbocycles. The van der Waals surface area contributed by atoms with Crippen molar-refractivity contribution in [3.63, 3.8) is 0 Å². The van der Waals surface area contributed by atoms with E-state index in [9.17, 15) is 5.11 Å². The van der Waals surface area contributed by atoms with Gasteiger partial charge in [0.25, 0.3) is 0 Å². The first-order chi connectivity index (χ1) is 8.66. The summed E-state index contributed by atoms with van der Waals surface area (Å²) in [5, 5.41) is 11.4. The lowest BCUT2D eigenvalue weighted by molar-refractivity contribution is 0.0559. The van der Waals surface area contributed by atoms with Gasteiger partial charge in [-0.25, -0.2) is 4.98 Å². The number of likely N-dealkylation sites (N-methyl/N-ethyl adjacent to an activating group) is 1. The molecule has 0 unspecified atom stereocenters. The molecular weight excluding hydrogens is 244 g/mol. The Morgan fingerprint density at radius 3 is 2.78 bits per heavy atom. The number of benzene rings is 1. The molecule has 18 heavy (non-hydrogen) atoms. The van der Waals surface area contributed by atoms with Gasteiger partial charge in [0.15, 0.2) is 5.13 Å². The molecule has 0 aliphatic heterocycles. The van der Waals surface area contributed by atoms with E-state index in [-0.39, 0.29) is 0 Å². The number of nitrogens with zero attached hydrogens (tertiary/aromatic N) is 2. The number of anilines is 1. The molecule has 1 aromatic heterocycles. The van der Waals surface area contributed by atoms with Crippen LogP contribution in [0.15, 0.2) is 24.3 Å². The van der Waals surface area contributed by atoms with E-state index in [4.69, 9.17) is 0 Å². The lowest BCUT2D eigenvalue weighted by atomic mass is 10.0. The standard InChI is InChI=1S/C14H18N2OS/c1-16(10-14(17)8-4-5-9-14)13-15-11-6-2-3-7-12(11)18-13/h2-3,6-7,17H,4-5,8-10H2,1H3. The molecule has 4 heteroatoms. The number of hydrogen-bond donors (Lipinski definition) is 1. The average molecular weight is 262 g/mol. The highest BCUT2D eigenvalue weighted by atomic mass is 32.1. The highest BCUT2D eigenvalue weighted by molar-refractivity contribution is 7.22. The van der Waals surface area contributed by atoms with Crippen molar-refractivity contribution < 1.29 is 5.11 Å². The smallest absolute Gasteiger partial charge is 0.186 e. The van der Waals surface area contributed by atoms with Crippen molar-refractivity contribution in [3.8, 4) is 0 Å². The van der Waals surface area contributed by atoms with Crippen molar-refractivity contribution >= 4 is 26.7 Å². The van der Waals surface area contributed by atoms with E-state index in [1.165, 1.54) is 4.70 Å². The lowest BCUT2D eigenvalue weighted by Gasteiger charge is -2.28. The van der Waals surface area contributed by atoms with E-state index in [0.29, 0.717) is 6.54 Å². The minimum absolute atomic E-state index is 0.507. The van der Waals surface area contributed by atoms with Crippen LogP contribution in [0.1, 0.15) is 25.7 Å². The zero-order chi connectivity index (χ0) is 12.6. The molecule has 1 aliphatic carbocycles. The molecule has 0 radical (unpaired) electrons. The molecule has 1 heterocycles. The Balaban J connectivity index is 1.81. The van der Waals surface area contributed by atoms with Crippen LogP contribution in [0.25, 0.3) is 10.2 Å². The number of rotatable bonds is 3. The normalized spacial score (nSPS) is 18.3. The Bertz CT molecular complexity index is 512. The summed E-state index contributed by atoms with van der Waals surface area (Å²) in [4.78, 5) is 6.71. The van der Waals surface area contributed by atoms with Gasteiger partial charge < -0.3 is 10.0 Å². The van der Waals surface area contributed by atoms with Gasteiger partial charge in [0, 0.05) is 13.6 Å². The molecule has 3 nitrogen and oxygen atoms in total. The molecule has 3 rings (SSSR count). The first-order valence-corrected chi connectivity index (χ1v) is 7.27. The molecule has 0 amide bonds. The summed E-state index contributed by atoms with van der Waals surface area (Å²) < 4.78 is 1.21. The zero-order valence-corrected chi connectivity index (χ0v) is 11.4. The fourth-order valence-corrected chi connectivity index (χ4v) is 3.65. The second kappa shape index (κ2) is 4.52. The van der Waals surface area contributed by atoms with Crippen LogP contribution in [-0.2, 0) is 0 Å². The average Bonchev–Trinajstić information content (AvgIpc) is 2.95. The third kappa shape index (κ3) is 2.22. The predicted octanol–water partition coefficient (Wildman–Crippen LogP) is 3.04. The summed E-state index contributed by atoms with van der Waals surface area (Å²) in [7, 11) is 2.02. The maximum Gasteiger partial charge on any atom is 0.186 e. The number of aliphatic hydroxyl groups is 1. The third-order valence-electron chi connectivity index (χ3n) is 3.67. The predicted molar refractivity (Wildman–Crippen MR) is 76.3 cm³/mol. The Morgan fingerprint density at radius 2 is 2.06 bits per heavy atom. The number of fused-ring (bicyclic) bond motifs is 1. The Kier molecular flexibility index (Phi) is 2.99. The van der Waals surface area contributed by atoms with E-state index in [1.54, 1.807) is 11.3 Å². The molecule has 0 atom stereocenters. The molecule has 1 N–H and O–H groups in total. The van der Waals surface area contributed by atoms with Gasteiger partial charge in [-0.3, -0.25) is 0 Å². The van der Waals surface area contributed by atoms with Gasteiger partial charge in [-0.2, -0.15) is 0 Å². The molecular formula is C14H18N2OS. The van der Waals surface area contributed by atoms with Gasteiger partial charge in [0.05, 0.1) is 15.8 Å². The van der Waals surface area contributed by atoms with Gasteiger partial charge in [-0.1, -0.05) is 36.3 Å². The first kappa shape index (κ1) is 11.9. The zero-order valence-electron chi connectivity index (χ0n) is 10.6. The molecule has 0 bridgehead atoms. The molecule has 0 saturated heterocycles. The second-order valence-corrected chi connectivity index (χ2v) is 6.26. The van der Waals surface area contributed by atoms with Crippen molar-refractivity contribution in [2.45, 2.75) is 31.3 Å². The van der Waals surface area contributed by atoms with Crippen LogP contribution in [0, 0.1) is 0 Å². The van der Waals surface area contributed by atoms with Crippen LogP contribution in [0.3, 0.4) is 0 Å². The molecule has 0 spiro atoms. The Morgan fingerprint density at radius 1 is 1.33 bits per heavy atom. The Hall–Kier alpha value is -1.13. The summed E-state index contributed by atoms with van der Waals surface area (Å²) in [6.45, 7) is 0.687. The monoisotopic (exact) mass is 262 g/mol. The molecule has 1 aliphatic rings. The van der Waals surface area contributed by atoms with E-state index < -0.39 is 5.60 Å². The molecule has 2 aromatic rings. The van der Waals surface area contributed by atoms with Crippen LogP contribution < -0.4 is 4.90 Å². The quantitative estimate of drug-likeness (QED) is 0.923. The van der Waals surface area contributed by atoms with Crippen LogP contribution in [0.5, 0.6) is 0 Å². The maximum absolute atomic E-state index is 10.4.